The summed E-state index contributed by atoms with van der Waals surface area (Å²) in [5.41, 5.74) is 0. The fourth-order valence-electron chi connectivity index (χ4n) is 2.49. The smallest absolute Gasteiger partial charge is 0.0603 e. The molecule has 2 nitrogen and oxygen atoms in total. The van der Waals surface area contributed by atoms with Crippen LogP contribution in [0, 0.1) is 0 Å². The van der Waals surface area contributed by atoms with Crippen molar-refractivity contribution in [1.82, 2.24) is 4.31 Å². The molecule has 0 N–H and O–H groups in total. The standard InChI is InChI=1S/C10H21NOS3/c13-15(14,10-4-2-1-3-5-10)11-6-8-12-9-7-11/h10,15H,1-9H2,(H,13,14). The van der Waals surface area contributed by atoms with Crippen LogP contribution in [0.5, 0.6) is 0 Å². The summed E-state index contributed by atoms with van der Waals surface area (Å²) >= 11 is 10.7. The fraction of sp³-hybridized carbons (Fsp3) is 1.00. The molecule has 1 saturated carbocycles. The lowest BCUT2D eigenvalue weighted by Crippen LogP contribution is -2.46. The van der Waals surface area contributed by atoms with Crippen molar-refractivity contribution in [2.75, 3.05) is 26.3 Å². The Hall–Kier alpha value is 0.840. The van der Waals surface area contributed by atoms with E-state index in [4.69, 9.17) is 27.6 Å². The molecule has 0 aromatic carbocycles. The average molecular weight is 267 g/mol. The highest BCUT2D eigenvalue weighted by atomic mass is 33.3. The van der Waals surface area contributed by atoms with Gasteiger partial charge in [-0.3, -0.25) is 4.31 Å². The van der Waals surface area contributed by atoms with Crippen molar-refractivity contribution < 1.29 is 4.74 Å². The van der Waals surface area contributed by atoms with Gasteiger partial charge in [0.05, 0.1) is 13.2 Å². The minimum atomic E-state index is -1.56. The average Bonchev–Trinajstić information content (AvgIpc) is 2.31. The quantitative estimate of drug-likeness (QED) is 0.585. The molecule has 1 heterocycles. The highest BCUT2D eigenvalue weighted by Crippen LogP contribution is 2.34. The normalized spacial score (nSPS) is 27.8. The summed E-state index contributed by atoms with van der Waals surface area (Å²) in [6.45, 7) is 3.67. The second-order valence-electron chi connectivity index (χ2n) is 4.45. The summed E-state index contributed by atoms with van der Waals surface area (Å²) in [4.78, 5) is 0. The zero-order chi connectivity index (χ0) is 10.7. The highest BCUT2D eigenvalue weighted by molar-refractivity contribution is 8.83. The number of hydrogen-bond donors (Lipinski definition) is 2. The molecule has 15 heavy (non-hydrogen) atoms. The summed E-state index contributed by atoms with van der Waals surface area (Å²) in [6, 6.07) is 0. The lowest BCUT2D eigenvalue weighted by Gasteiger charge is -2.44. The number of nitrogens with zero attached hydrogens (tertiary/aromatic N) is 1. The van der Waals surface area contributed by atoms with E-state index in [0.29, 0.717) is 5.25 Å². The molecule has 90 valence electrons. The van der Waals surface area contributed by atoms with Crippen molar-refractivity contribution in [1.29, 1.82) is 0 Å². The highest BCUT2D eigenvalue weighted by Gasteiger charge is 2.29. The zero-order valence-electron chi connectivity index (χ0n) is 9.10. The van der Waals surface area contributed by atoms with Gasteiger partial charge in [-0.05, 0) is 24.0 Å². The van der Waals surface area contributed by atoms with Crippen molar-refractivity contribution in [3.63, 3.8) is 0 Å². The minimum absolute atomic E-state index is 0.697. The number of morpholine rings is 1. The molecule has 1 aliphatic heterocycles. The lowest BCUT2D eigenvalue weighted by molar-refractivity contribution is 0.0760. The van der Waals surface area contributed by atoms with Gasteiger partial charge in [0.1, 0.15) is 0 Å². The van der Waals surface area contributed by atoms with Crippen LogP contribution in [0.2, 0.25) is 0 Å². The van der Waals surface area contributed by atoms with E-state index in [0.717, 1.165) is 26.3 Å². The van der Waals surface area contributed by atoms with Crippen molar-refractivity contribution in [3.8, 4) is 0 Å². The van der Waals surface area contributed by atoms with E-state index < -0.39 is 7.81 Å². The Morgan fingerprint density at radius 1 is 1.13 bits per heavy atom. The van der Waals surface area contributed by atoms with Crippen LogP contribution in [0.15, 0.2) is 0 Å². The van der Waals surface area contributed by atoms with Gasteiger partial charge in [-0.1, -0.05) is 19.3 Å². The molecule has 0 unspecified atom stereocenters. The molecule has 2 aliphatic rings. The Morgan fingerprint density at radius 3 is 2.33 bits per heavy atom. The summed E-state index contributed by atoms with van der Waals surface area (Å²) in [5, 5.41) is 0.697. The van der Waals surface area contributed by atoms with Gasteiger partial charge in [-0.25, -0.2) is 0 Å². The predicted octanol–water partition coefficient (Wildman–Crippen LogP) is 1.76. The third-order valence-electron chi connectivity index (χ3n) is 3.44. The van der Waals surface area contributed by atoms with E-state index in [1.165, 1.54) is 32.1 Å². The first-order chi connectivity index (χ1) is 7.21. The molecule has 5 heteroatoms. The molecule has 0 aromatic heterocycles. The molecule has 0 atom stereocenters. The summed E-state index contributed by atoms with van der Waals surface area (Å²) in [7, 11) is -1.56. The first kappa shape index (κ1) is 12.3. The monoisotopic (exact) mass is 267 g/mol. The summed E-state index contributed by atoms with van der Waals surface area (Å²) < 4.78 is 7.81. The summed E-state index contributed by atoms with van der Waals surface area (Å²) in [5.74, 6) is 0. The number of ether oxygens (including phenoxy) is 1. The van der Waals surface area contributed by atoms with E-state index in [9.17, 15) is 0 Å². The zero-order valence-corrected chi connectivity index (χ0v) is 11.7. The van der Waals surface area contributed by atoms with E-state index in [1.807, 2.05) is 0 Å². The molecular formula is C10H21NOS3. The Kier molecular flexibility index (Phi) is 4.47. The molecule has 1 saturated heterocycles. The van der Waals surface area contributed by atoms with Crippen molar-refractivity contribution in [2.24, 2.45) is 0 Å². The molecule has 2 fully saturated rings. The number of thiol groups is 2. The molecular weight excluding hydrogens is 246 g/mol. The number of rotatable bonds is 2. The van der Waals surface area contributed by atoms with Gasteiger partial charge < -0.3 is 4.74 Å². The molecule has 0 aromatic rings. The third-order valence-corrected chi connectivity index (χ3v) is 9.45. The van der Waals surface area contributed by atoms with E-state index in [1.54, 1.807) is 0 Å². The van der Waals surface area contributed by atoms with Crippen LogP contribution < -0.4 is 0 Å². The van der Waals surface area contributed by atoms with Crippen molar-refractivity contribution >= 4 is 30.7 Å². The largest absolute Gasteiger partial charge is 0.379 e. The minimum Gasteiger partial charge on any atom is -0.379 e. The van der Waals surface area contributed by atoms with Crippen LogP contribution in [0.4, 0.5) is 0 Å². The first-order valence-corrected chi connectivity index (χ1v) is 9.84. The second-order valence-corrected chi connectivity index (χ2v) is 11.2. The molecule has 0 amide bonds. The molecule has 0 spiro atoms. The van der Waals surface area contributed by atoms with Gasteiger partial charge in [-0.2, -0.15) is 0 Å². The predicted molar refractivity (Wildman–Crippen MR) is 74.4 cm³/mol. The lowest BCUT2D eigenvalue weighted by atomic mass is 10.0. The summed E-state index contributed by atoms with van der Waals surface area (Å²) in [6.07, 6.45) is 6.71. The van der Waals surface area contributed by atoms with E-state index in [-0.39, 0.29) is 0 Å². The van der Waals surface area contributed by atoms with Crippen molar-refractivity contribution in [2.45, 2.75) is 37.4 Å². The Bertz CT molecular complexity index is 225. The topological polar surface area (TPSA) is 12.5 Å². The van der Waals surface area contributed by atoms with Crippen LogP contribution in [-0.4, -0.2) is 35.9 Å². The SMILES string of the molecule is S=[SH](S)(C1CCCCC1)N1CCOCC1. The van der Waals surface area contributed by atoms with Crippen LogP contribution in [0.3, 0.4) is 0 Å². The molecule has 1 aliphatic carbocycles. The maximum atomic E-state index is 5.83. The van der Waals surface area contributed by atoms with Crippen LogP contribution in [0.1, 0.15) is 32.1 Å². The van der Waals surface area contributed by atoms with Gasteiger partial charge in [0.25, 0.3) is 0 Å². The van der Waals surface area contributed by atoms with Crippen LogP contribution >= 0.6 is 11.7 Å². The van der Waals surface area contributed by atoms with Gasteiger partial charge in [0.2, 0.25) is 0 Å². The Balaban J connectivity index is 1.99. The molecule has 0 radical (unpaired) electrons. The van der Waals surface area contributed by atoms with Crippen LogP contribution in [0.25, 0.3) is 0 Å². The van der Waals surface area contributed by atoms with Gasteiger partial charge >= 0.3 is 0 Å². The number of hydrogen-bond acceptors (Lipinski definition) is 2. The Morgan fingerprint density at radius 2 is 1.73 bits per heavy atom. The van der Waals surface area contributed by atoms with Crippen LogP contribution in [-0.2, 0) is 23.7 Å². The third kappa shape index (κ3) is 2.94. The first-order valence-electron chi connectivity index (χ1n) is 5.87. The van der Waals surface area contributed by atoms with Crippen molar-refractivity contribution in [3.05, 3.63) is 0 Å². The van der Waals surface area contributed by atoms with E-state index >= 15 is 0 Å². The molecule has 2 rings (SSSR count). The van der Waals surface area contributed by atoms with Gasteiger partial charge in [-0.15, -0.1) is 19.5 Å². The Labute approximate surface area is 103 Å². The van der Waals surface area contributed by atoms with E-state index in [2.05, 4.69) is 4.31 Å². The maximum Gasteiger partial charge on any atom is 0.0603 e. The van der Waals surface area contributed by atoms with Gasteiger partial charge in [0, 0.05) is 18.3 Å². The molecule has 0 bridgehead atoms. The second kappa shape index (κ2) is 5.45. The van der Waals surface area contributed by atoms with Gasteiger partial charge in [0.15, 0.2) is 0 Å². The maximum absolute atomic E-state index is 5.83. The fourth-order valence-corrected chi connectivity index (χ4v) is 7.08.